The number of likely N-dealkylation sites (tertiary alicyclic amines) is 1. The number of carboxylic acids is 1. The number of phenolic OH excluding ortho intramolecular Hbond substituents is 1. The number of carbonyl (C=O) groups excluding carboxylic acids is 2. The fourth-order valence-corrected chi connectivity index (χ4v) is 2.04. The number of anilines is 1. The van der Waals surface area contributed by atoms with Gasteiger partial charge >= 0.3 is 5.97 Å². The van der Waals surface area contributed by atoms with E-state index in [2.05, 4.69) is 5.32 Å². The van der Waals surface area contributed by atoms with Gasteiger partial charge in [-0.2, -0.15) is 0 Å². The molecule has 0 saturated carbocycles. The molecular weight excluding hydrogens is 264 g/mol. The molecule has 3 N–H and O–H groups in total. The molecule has 1 heterocycles. The van der Waals surface area contributed by atoms with E-state index in [0.717, 1.165) is 6.07 Å². The molecule has 1 saturated heterocycles. The third-order valence-corrected chi connectivity index (χ3v) is 3.21. The first-order valence-electron chi connectivity index (χ1n) is 5.99. The van der Waals surface area contributed by atoms with Crippen molar-refractivity contribution >= 4 is 23.5 Å². The molecule has 0 radical (unpaired) electrons. The minimum absolute atomic E-state index is 0.0729. The molecule has 0 aliphatic carbocycles. The van der Waals surface area contributed by atoms with Crippen LogP contribution in [0.25, 0.3) is 0 Å². The average Bonchev–Trinajstić information content (AvgIpc) is 2.72. The second-order valence-electron chi connectivity index (χ2n) is 4.70. The molecule has 2 amide bonds. The lowest BCUT2D eigenvalue weighted by Gasteiger charge is -2.12. The maximum atomic E-state index is 12.0. The van der Waals surface area contributed by atoms with Gasteiger partial charge in [0.1, 0.15) is 5.75 Å². The normalized spacial score (nSPS) is 18.1. The first kappa shape index (κ1) is 13.9. The highest BCUT2D eigenvalue weighted by molar-refractivity contribution is 5.98. The Balaban J connectivity index is 2.09. The highest BCUT2D eigenvalue weighted by Crippen LogP contribution is 2.26. The van der Waals surface area contributed by atoms with Crippen molar-refractivity contribution in [1.29, 1.82) is 0 Å². The summed E-state index contributed by atoms with van der Waals surface area (Å²) in [4.78, 5) is 35.5. The zero-order valence-electron chi connectivity index (χ0n) is 10.8. The Morgan fingerprint density at radius 2 is 2.10 bits per heavy atom. The number of rotatable bonds is 3. The van der Waals surface area contributed by atoms with Crippen LogP contribution in [-0.2, 0) is 9.59 Å². The van der Waals surface area contributed by atoms with Crippen LogP contribution < -0.4 is 5.32 Å². The predicted molar refractivity (Wildman–Crippen MR) is 69.4 cm³/mol. The second-order valence-corrected chi connectivity index (χ2v) is 4.70. The highest BCUT2D eigenvalue weighted by atomic mass is 16.4. The molecule has 1 aromatic carbocycles. The Kier molecular flexibility index (Phi) is 3.60. The minimum Gasteiger partial charge on any atom is -0.506 e. The van der Waals surface area contributed by atoms with Crippen LogP contribution in [0.2, 0.25) is 0 Å². The van der Waals surface area contributed by atoms with Crippen molar-refractivity contribution in [3.8, 4) is 5.75 Å². The largest absolute Gasteiger partial charge is 0.506 e. The Hall–Kier alpha value is -2.57. The van der Waals surface area contributed by atoms with Gasteiger partial charge in [-0.05, 0) is 18.2 Å². The van der Waals surface area contributed by atoms with E-state index in [0.29, 0.717) is 6.54 Å². The Labute approximate surface area is 114 Å². The Morgan fingerprint density at radius 3 is 2.60 bits per heavy atom. The average molecular weight is 278 g/mol. The number of nitrogens with zero attached hydrogens (tertiary/aromatic N) is 1. The number of phenols is 1. The van der Waals surface area contributed by atoms with Crippen molar-refractivity contribution < 1.29 is 24.6 Å². The number of aromatic carboxylic acids is 1. The number of benzene rings is 1. The van der Waals surface area contributed by atoms with Crippen molar-refractivity contribution in [2.45, 2.75) is 6.42 Å². The SMILES string of the molecule is CN1CC(C(=O)Nc2ccc(C(=O)O)cc2O)CC1=O. The molecule has 1 aliphatic heterocycles. The van der Waals surface area contributed by atoms with Gasteiger partial charge in [0.05, 0.1) is 17.2 Å². The van der Waals surface area contributed by atoms with Crippen molar-refractivity contribution in [2.75, 3.05) is 18.9 Å². The molecule has 0 aromatic heterocycles. The van der Waals surface area contributed by atoms with Crippen LogP contribution in [0.4, 0.5) is 5.69 Å². The summed E-state index contributed by atoms with van der Waals surface area (Å²) in [6, 6.07) is 3.66. The van der Waals surface area contributed by atoms with Gasteiger partial charge in [-0.25, -0.2) is 4.79 Å². The molecule has 1 atom stereocenters. The molecule has 1 fully saturated rings. The second kappa shape index (κ2) is 5.20. The van der Waals surface area contributed by atoms with Crippen molar-refractivity contribution in [2.24, 2.45) is 5.92 Å². The number of amides is 2. The van der Waals surface area contributed by atoms with Crippen LogP contribution in [0.1, 0.15) is 16.8 Å². The van der Waals surface area contributed by atoms with Gasteiger partial charge in [0.25, 0.3) is 0 Å². The van der Waals surface area contributed by atoms with Gasteiger partial charge in [-0.15, -0.1) is 0 Å². The number of hydrogen-bond acceptors (Lipinski definition) is 4. The Morgan fingerprint density at radius 1 is 1.40 bits per heavy atom. The monoisotopic (exact) mass is 278 g/mol. The maximum Gasteiger partial charge on any atom is 0.335 e. The molecular formula is C13H14N2O5. The molecule has 106 valence electrons. The van der Waals surface area contributed by atoms with Crippen molar-refractivity contribution in [1.82, 2.24) is 4.90 Å². The van der Waals surface area contributed by atoms with Crippen LogP contribution in [0, 0.1) is 5.92 Å². The summed E-state index contributed by atoms with van der Waals surface area (Å²) >= 11 is 0. The molecule has 1 aliphatic rings. The summed E-state index contributed by atoms with van der Waals surface area (Å²) in [6.07, 6.45) is 0.135. The van der Waals surface area contributed by atoms with Gasteiger partial charge in [0, 0.05) is 20.0 Å². The van der Waals surface area contributed by atoms with E-state index in [9.17, 15) is 19.5 Å². The Bertz CT molecular complexity index is 584. The number of aromatic hydroxyl groups is 1. The fourth-order valence-electron chi connectivity index (χ4n) is 2.04. The number of carbonyl (C=O) groups is 3. The molecule has 0 bridgehead atoms. The van der Waals surface area contributed by atoms with Crippen molar-refractivity contribution in [3.05, 3.63) is 23.8 Å². The van der Waals surface area contributed by atoms with Crippen LogP contribution in [0.5, 0.6) is 5.75 Å². The summed E-state index contributed by atoms with van der Waals surface area (Å²) in [5.74, 6) is -2.43. The van der Waals surface area contributed by atoms with Crippen LogP contribution in [0.15, 0.2) is 18.2 Å². The van der Waals surface area contributed by atoms with E-state index < -0.39 is 11.9 Å². The minimum atomic E-state index is -1.17. The topological polar surface area (TPSA) is 107 Å². The molecule has 0 spiro atoms. The summed E-state index contributed by atoms with van der Waals surface area (Å²) in [7, 11) is 1.62. The zero-order chi connectivity index (χ0) is 14.9. The van der Waals surface area contributed by atoms with Gasteiger partial charge in [-0.3, -0.25) is 9.59 Å². The summed E-state index contributed by atoms with van der Waals surface area (Å²) in [6.45, 7) is 0.332. The standard InChI is InChI=1S/C13H14N2O5/c1-15-6-8(5-11(15)17)12(18)14-9-3-2-7(13(19)20)4-10(9)16/h2-4,8,16H,5-6H2,1H3,(H,14,18)(H,19,20). The van der Waals surface area contributed by atoms with Gasteiger partial charge < -0.3 is 20.4 Å². The molecule has 20 heavy (non-hydrogen) atoms. The van der Waals surface area contributed by atoms with Gasteiger partial charge in [0.15, 0.2) is 0 Å². The van der Waals surface area contributed by atoms with Gasteiger partial charge in [0.2, 0.25) is 11.8 Å². The molecule has 2 rings (SSSR count). The lowest BCUT2D eigenvalue weighted by Crippen LogP contribution is -2.25. The van der Waals surface area contributed by atoms with Crippen LogP contribution >= 0.6 is 0 Å². The van der Waals surface area contributed by atoms with E-state index in [1.165, 1.54) is 17.0 Å². The van der Waals surface area contributed by atoms with Crippen LogP contribution in [0.3, 0.4) is 0 Å². The lowest BCUT2D eigenvalue weighted by molar-refractivity contribution is -0.127. The highest BCUT2D eigenvalue weighted by Gasteiger charge is 2.32. The van der Waals surface area contributed by atoms with Gasteiger partial charge in [-0.1, -0.05) is 0 Å². The first-order chi connectivity index (χ1) is 9.38. The number of nitrogens with one attached hydrogen (secondary N) is 1. The number of hydrogen-bond donors (Lipinski definition) is 3. The zero-order valence-corrected chi connectivity index (χ0v) is 10.8. The van der Waals surface area contributed by atoms with E-state index in [1.54, 1.807) is 7.05 Å². The molecule has 1 aromatic rings. The van der Waals surface area contributed by atoms with E-state index in [1.807, 2.05) is 0 Å². The van der Waals surface area contributed by atoms with E-state index >= 15 is 0 Å². The molecule has 7 nitrogen and oxygen atoms in total. The smallest absolute Gasteiger partial charge is 0.335 e. The predicted octanol–water partition coefficient (Wildman–Crippen LogP) is 0.507. The first-order valence-corrected chi connectivity index (χ1v) is 5.99. The van der Waals surface area contributed by atoms with E-state index in [-0.39, 0.29) is 35.2 Å². The summed E-state index contributed by atoms with van der Waals surface area (Å²) in [5.41, 5.74) is 0.0540. The number of carboxylic acid groups (broad SMARTS) is 1. The molecule has 1 unspecified atom stereocenters. The summed E-state index contributed by atoms with van der Waals surface area (Å²) in [5, 5.41) is 21.0. The quantitative estimate of drug-likeness (QED) is 0.698. The lowest BCUT2D eigenvalue weighted by atomic mass is 10.1. The van der Waals surface area contributed by atoms with Crippen LogP contribution in [-0.4, -0.2) is 46.5 Å². The fraction of sp³-hybridized carbons (Fsp3) is 0.308. The summed E-state index contributed by atoms with van der Waals surface area (Å²) < 4.78 is 0. The third-order valence-electron chi connectivity index (χ3n) is 3.21. The molecule has 7 heteroatoms. The van der Waals surface area contributed by atoms with E-state index in [4.69, 9.17) is 5.11 Å². The third kappa shape index (κ3) is 2.71. The van der Waals surface area contributed by atoms with Crippen molar-refractivity contribution in [3.63, 3.8) is 0 Å². The maximum absolute atomic E-state index is 12.0.